The highest BCUT2D eigenvalue weighted by atomic mass is 32.1. The predicted molar refractivity (Wildman–Crippen MR) is 78.9 cm³/mol. The Morgan fingerprint density at radius 2 is 1.95 bits per heavy atom. The van der Waals surface area contributed by atoms with Crippen molar-refractivity contribution in [3.8, 4) is 11.1 Å². The Kier molecular flexibility index (Phi) is 3.03. The Balaban J connectivity index is 2.25. The molecular formula is C16H11FO2S. The van der Waals surface area contributed by atoms with E-state index in [1.165, 1.54) is 12.1 Å². The Morgan fingerprint density at radius 1 is 1.15 bits per heavy atom. The van der Waals surface area contributed by atoms with Crippen molar-refractivity contribution >= 4 is 27.4 Å². The quantitative estimate of drug-likeness (QED) is 0.740. The standard InChI is InChI=1S/C16H11FO2S/c1-9-6-11(17)3-4-12(9)14-8-20-15-5-2-10(16(18)19)7-13(14)15/h2-8H,1H3,(H,18,19). The maximum absolute atomic E-state index is 13.2. The monoisotopic (exact) mass is 286 g/mol. The van der Waals surface area contributed by atoms with Gasteiger partial charge in [-0.1, -0.05) is 6.07 Å². The van der Waals surface area contributed by atoms with Crippen LogP contribution in [0.4, 0.5) is 4.39 Å². The molecule has 0 spiro atoms. The number of hydrogen-bond donors (Lipinski definition) is 1. The summed E-state index contributed by atoms with van der Waals surface area (Å²) >= 11 is 1.56. The molecule has 20 heavy (non-hydrogen) atoms. The van der Waals surface area contributed by atoms with Crippen LogP contribution in [0.25, 0.3) is 21.2 Å². The van der Waals surface area contributed by atoms with Crippen LogP contribution in [0, 0.1) is 12.7 Å². The summed E-state index contributed by atoms with van der Waals surface area (Å²) in [5, 5.41) is 12.0. The van der Waals surface area contributed by atoms with Gasteiger partial charge in [0.25, 0.3) is 0 Å². The summed E-state index contributed by atoms with van der Waals surface area (Å²) in [7, 11) is 0. The number of halogens is 1. The molecule has 3 aromatic rings. The van der Waals surface area contributed by atoms with Crippen LogP contribution in [0.2, 0.25) is 0 Å². The van der Waals surface area contributed by atoms with Gasteiger partial charge in [0.05, 0.1) is 5.56 Å². The van der Waals surface area contributed by atoms with Gasteiger partial charge in [0.2, 0.25) is 0 Å². The van der Waals surface area contributed by atoms with Gasteiger partial charge in [-0.05, 0) is 53.8 Å². The summed E-state index contributed by atoms with van der Waals surface area (Å²) in [6, 6.07) is 9.73. The number of carboxylic acids is 1. The second kappa shape index (κ2) is 4.72. The van der Waals surface area contributed by atoms with E-state index in [4.69, 9.17) is 5.11 Å². The van der Waals surface area contributed by atoms with Crippen molar-refractivity contribution in [3.63, 3.8) is 0 Å². The Hall–Kier alpha value is -2.20. The molecule has 3 rings (SSSR count). The molecule has 0 saturated carbocycles. The van der Waals surface area contributed by atoms with Gasteiger partial charge < -0.3 is 5.11 Å². The lowest BCUT2D eigenvalue weighted by molar-refractivity contribution is 0.0697. The third kappa shape index (κ3) is 2.08. The lowest BCUT2D eigenvalue weighted by Gasteiger charge is -2.05. The van der Waals surface area contributed by atoms with Crippen LogP contribution in [0.15, 0.2) is 41.8 Å². The number of hydrogen-bond acceptors (Lipinski definition) is 2. The third-order valence-corrected chi connectivity index (χ3v) is 4.26. The third-order valence-electron chi connectivity index (χ3n) is 3.30. The minimum absolute atomic E-state index is 0.261. The predicted octanol–water partition coefficient (Wildman–Crippen LogP) is 4.71. The second-order valence-corrected chi connectivity index (χ2v) is 5.54. The van der Waals surface area contributed by atoms with E-state index < -0.39 is 5.97 Å². The fourth-order valence-electron chi connectivity index (χ4n) is 2.30. The zero-order chi connectivity index (χ0) is 14.3. The Morgan fingerprint density at radius 3 is 2.65 bits per heavy atom. The average molecular weight is 286 g/mol. The first-order valence-corrected chi connectivity index (χ1v) is 6.95. The molecule has 100 valence electrons. The second-order valence-electron chi connectivity index (χ2n) is 4.62. The molecular weight excluding hydrogens is 275 g/mol. The molecule has 0 radical (unpaired) electrons. The molecule has 1 heterocycles. The number of carboxylic acid groups (broad SMARTS) is 1. The maximum atomic E-state index is 13.2. The van der Waals surface area contributed by atoms with Crippen LogP contribution >= 0.6 is 11.3 Å². The topological polar surface area (TPSA) is 37.3 Å². The van der Waals surface area contributed by atoms with E-state index in [0.29, 0.717) is 0 Å². The smallest absolute Gasteiger partial charge is 0.335 e. The van der Waals surface area contributed by atoms with Crippen LogP contribution in [0.5, 0.6) is 0 Å². The van der Waals surface area contributed by atoms with Crippen molar-refractivity contribution in [2.24, 2.45) is 0 Å². The first-order chi connectivity index (χ1) is 9.56. The summed E-state index contributed by atoms with van der Waals surface area (Å²) in [5.41, 5.74) is 2.98. The van der Waals surface area contributed by atoms with E-state index in [0.717, 1.165) is 26.8 Å². The molecule has 0 amide bonds. The highest BCUT2D eigenvalue weighted by molar-refractivity contribution is 7.17. The average Bonchev–Trinajstić information content (AvgIpc) is 2.81. The van der Waals surface area contributed by atoms with Crippen LogP contribution in [0.3, 0.4) is 0 Å². The van der Waals surface area contributed by atoms with E-state index in [1.54, 1.807) is 29.5 Å². The summed E-state index contributed by atoms with van der Waals surface area (Å²) in [6.07, 6.45) is 0. The number of rotatable bonds is 2. The van der Waals surface area contributed by atoms with E-state index in [1.807, 2.05) is 18.4 Å². The SMILES string of the molecule is Cc1cc(F)ccc1-c1csc2ccc(C(=O)O)cc12. The van der Waals surface area contributed by atoms with Crippen molar-refractivity contribution in [1.82, 2.24) is 0 Å². The normalized spacial score (nSPS) is 10.9. The molecule has 4 heteroatoms. The van der Waals surface area contributed by atoms with Crippen LogP contribution in [-0.2, 0) is 0 Å². The van der Waals surface area contributed by atoms with Crippen LogP contribution in [0.1, 0.15) is 15.9 Å². The molecule has 0 bridgehead atoms. The van der Waals surface area contributed by atoms with Gasteiger partial charge >= 0.3 is 5.97 Å². The molecule has 0 aliphatic heterocycles. The van der Waals surface area contributed by atoms with E-state index >= 15 is 0 Å². The number of thiophene rings is 1. The van der Waals surface area contributed by atoms with Gasteiger partial charge in [0.15, 0.2) is 0 Å². The number of carbonyl (C=O) groups is 1. The van der Waals surface area contributed by atoms with Crippen molar-refractivity contribution in [2.45, 2.75) is 6.92 Å². The number of aromatic carboxylic acids is 1. The van der Waals surface area contributed by atoms with Gasteiger partial charge in [-0.25, -0.2) is 9.18 Å². The lowest BCUT2D eigenvalue weighted by Crippen LogP contribution is -1.94. The first-order valence-electron chi connectivity index (χ1n) is 6.07. The first kappa shape index (κ1) is 12.8. The van der Waals surface area contributed by atoms with Gasteiger partial charge in [-0.2, -0.15) is 0 Å². The van der Waals surface area contributed by atoms with Crippen LogP contribution in [-0.4, -0.2) is 11.1 Å². The summed E-state index contributed by atoms with van der Waals surface area (Å²) < 4.78 is 14.2. The van der Waals surface area contributed by atoms with Crippen molar-refractivity contribution in [1.29, 1.82) is 0 Å². The minimum Gasteiger partial charge on any atom is -0.478 e. The Bertz CT molecular complexity index is 820. The molecule has 0 saturated heterocycles. The molecule has 0 aliphatic rings. The van der Waals surface area contributed by atoms with Crippen LogP contribution < -0.4 is 0 Å². The van der Waals surface area contributed by atoms with Crippen molar-refractivity contribution < 1.29 is 14.3 Å². The zero-order valence-corrected chi connectivity index (χ0v) is 11.5. The Labute approximate surface area is 119 Å². The number of aryl methyl sites for hydroxylation is 1. The van der Waals surface area contributed by atoms with E-state index in [9.17, 15) is 9.18 Å². The highest BCUT2D eigenvalue weighted by Crippen LogP contribution is 2.36. The summed E-state index contributed by atoms with van der Waals surface area (Å²) in [6.45, 7) is 1.85. The molecule has 2 nitrogen and oxygen atoms in total. The molecule has 2 aromatic carbocycles. The largest absolute Gasteiger partial charge is 0.478 e. The number of benzene rings is 2. The molecule has 0 fully saturated rings. The van der Waals surface area contributed by atoms with Gasteiger partial charge in [-0.15, -0.1) is 11.3 Å². The summed E-state index contributed by atoms with van der Waals surface area (Å²) in [4.78, 5) is 11.1. The highest BCUT2D eigenvalue weighted by Gasteiger charge is 2.12. The van der Waals surface area contributed by atoms with Crippen molar-refractivity contribution in [2.75, 3.05) is 0 Å². The fraction of sp³-hybridized carbons (Fsp3) is 0.0625. The van der Waals surface area contributed by atoms with Gasteiger partial charge in [-0.3, -0.25) is 0 Å². The summed E-state index contributed by atoms with van der Waals surface area (Å²) in [5.74, 6) is -1.21. The maximum Gasteiger partial charge on any atom is 0.335 e. The van der Waals surface area contributed by atoms with Gasteiger partial charge in [0.1, 0.15) is 5.82 Å². The molecule has 0 unspecified atom stereocenters. The molecule has 1 aromatic heterocycles. The van der Waals surface area contributed by atoms with Crippen molar-refractivity contribution in [3.05, 3.63) is 58.7 Å². The molecule has 0 aliphatic carbocycles. The molecule has 1 N–H and O–H groups in total. The minimum atomic E-state index is -0.945. The van der Waals surface area contributed by atoms with E-state index in [2.05, 4.69) is 0 Å². The molecule has 0 atom stereocenters. The van der Waals surface area contributed by atoms with Gasteiger partial charge in [0, 0.05) is 15.6 Å². The zero-order valence-electron chi connectivity index (χ0n) is 10.7. The number of fused-ring (bicyclic) bond motifs is 1. The fourth-order valence-corrected chi connectivity index (χ4v) is 3.24. The lowest BCUT2D eigenvalue weighted by atomic mass is 9.99. The van der Waals surface area contributed by atoms with E-state index in [-0.39, 0.29) is 11.4 Å².